The SMILES string of the molecule is COc1cc([C@H](O)[C@H](CO)Oc2ccc3ccc(=O)oc3c2OCc2ccccc2)cc(OC)c1OC(C)=O. The molecular formula is C29H28O10. The summed E-state index contributed by atoms with van der Waals surface area (Å²) in [4.78, 5) is 23.6. The third-order valence-electron chi connectivity index (χ3n) is 5.81. The van der Waals surface area contributed by atoms with Crippen LogP contribution in [0.2, 0.25) is 0 Å². The van der Waals surface area contributed by atoms with E-state index in [1.165, 1.54) is 39.3 Å². The van der Waals surface area contributed by atoms with E-state index >= 15 is 0 Å². The van der Waals surface area contributed by atoms with Crippen LogP contribution in [0.3, 0.4) is 0 Å². The number of esters is 1. The fraction of sp³-hybridized carbons (Fsp3) is 0.241. The minimum Gasteiger partial charge on any atom is -0.493 e. The van der Waals surface area contributed by atoms with Crippen molar-refractivity contribution in [2.24, 2.45) is 0 Å². The van der Waals surface area contributed by atoms with Gasteiger partial charge in [0, 0.05) is 18.4 Å². The molecule has 0 unspecified atom stereocenters. The Bertz CT molecular complexity index is 1470. The van der Waals surface area contributed by atoms with Crippen LogP contribution in [0, 0.1) is 0 Å². The average Bonchev–Trinajstić information content (AvgIpc) is 2.94. The van der Waals surface area contributed by atoms with Gasteiger partial charge in [-0.3, -0.25) is 4.79 Å². The number of ether oxygens (including phenoxy) is 5. The molecule has 0 aliphatic carbocycles. The lowest BCUT2D eigenvalue weighted by Crippen LogP contribution is -2.29. The van der Waals surface area contributed by atoms with E-state index in [4.69, 9.17) is 28.1 Å². The van der Waals surface area contributed by atoms with Crippen LogP contribution in [0.1, 0.15) is 24.2 Å². The fourth-order valence-corrected chi connectivity index (χ4v) is 3.94. The van der Waals surface area contributed by atoms with Crippen LogP contribution in [0.15, 0.2) is 75.9 Å². The van der Waals surface area contributed by atoms with Crippen LogP contribution in [0.5, 0.6) is 28.7 Å². The van der Waals surface area contributed by atoms with Gasteiger partial charge in [0.15, 0.2) is 28.9 Å². The Morgan fingerprint density at radius 1 is 0.923 bits per heavy atom. The van der Waals surface area contributed by atoms with Gasteiger partial charge in [-0.05, 0) is 41.5 Å². The van der Waals surface area contributed by atoms with Crippen molar-refractivity contribution in [1.82, 2.24) is 0 Å². The molecule has 0 aliphatic heterocycles. The zero-order valence-corrected chi connectivity index (χ0v) is 21.6. The van der Waals surface area contributed by atoms with E-state index in [2.05, 4.69) is 0 Å². The Morgan fingerprint density at radius 2 is 1.59 bits per heavy atom. The normalized spacial score (nSPS) is 12.4. The molecule has 1 heterocycles. The Labute approximate surface area is 223 Å². The van der Waals surface area contributed by atoms with Gasteiger partial charge in [0.1, 0.15) is 12.7 Å². The monoisotopic (exact) mass is 536 g/mol. The predicted molar refractivity (Wildman–Crippen MR) is 141 cm³/mol. The molecule has 204 valence electrons. The van der Waals surface area contributed by atoms with Crippen molar-refractivity contribution in [3.63, 3.8) is 0 Å². The lowest BCUT2D eigenvalue weighted by molar-refractivity contribution is -0.132. The standard InChI is InChI=1S/C29H28O10/c1-17(31)37-28-22(34-2)13-20(14-23(28)35-3)26(33)24(15-30)38-21-11-9-19-10-12-25(32)39-27(19)29(21)36-16-18-7-5-4-6-8-18/h4-14,24,26,30,33H,15-16H2,1-3H3/t24-,26-/m0/s1. The first-order valence-corrected chi connectivity index (χ1v) is 12.0. The minimum absolute atomic E-state index is 0.0473. The second-order valence-electron chi connectivity index (χ2n) is 8.47. The maximum atomic E-state index is 12.0. The van der Waals surface area contributed by atoms with Gasteiger partial charge >= 0.3 is 11.6 Å². The molecule has 4 aromatic rings. The molecule has 39 heavy (non-hydrogen) atoms. The lowest BCUT2D eigenvalue weighted by Gasteiger charge is -2.25. The van der Waals surface area contributed by atoms with Gasteiger partial charge in [0.2, 0.25) is 11.5 Å². The van der Waals surface area contributed by atoms with E-state index in [1.54, 1.807) is 18.2 Å². The van der Waals surface area contributed by atoms with E-state index in [0.717, 1.165) is 5.56 Å². The van der Waals surface area contributed by atoms with Crippen molar-refractivity contribution >= 4 is 16.9 Å². The largest absolute Gasteiger partial charge is 0.493 e. The van der Waals surface area contributed by atoms with Gasteiger partial charge in [-0.25, -0.2) is 4.79 Å². The number of hydrogen-bond acceptors (Lipinski definition) is 10. The number of fused-ring (bicyclic) bond motifs is 1. The van der Waals surface area contributed by atoms with Crippen molar-refractivity contribution in [3.8, 4) is 28.7 Å². The van der Waals surface area contributed by atoms with Gasteiger partial charge in [-0.15, -0.1) is 0 Å². The lowest BCUT2D eigenvalue weighted by atomic mass is 10.0. The molecule has 0 saturated heterocycles. The van der Waals surface area contributed by atoms with Crippen LogP contribution in [-0.2, 0) is 11.4 Å². The van der Waals surface area contributed by atoms with Crippen LogP contribution in [-0.4, -0.2) is 43.1 Å². The third kappa shape index (κ3) is 6.31. The number of benzene rings is 3. The number of hydrogen-bond donors (Lipinski definition) is 2. The first-order chi connectivity index (χ1) is 18.8. The molecule has 1 aromatic heterocycles. The van der Waals surface area contributed by atoms with Crippen molar-refractivity contribution in [2.75, 3.05) is 20.8 Å². The van der Waals surface area contributed by atoms with Gasteiger partial charge in [0.05, 0.1) is 20.8 Å². The topological polar surface area (TPSA) is 134 Å². The van der Waals surface area contributed by atoms with Crippen molar-refractivity contribution < 1.29 is 43.1 Å². The molecule has 2 atom stereocenters. The predicted octanol–water partition coefficient (Wildman–Crippen LogP) is 3.79. The van der Waals surface area contributed by atoms with Gasteiger partial charge in [-0.1, -0.05) is 30.3 Å². The molecule has 10 nitrogen and oxygen atoms in total. The zero-order valence-electron chi connectivity index (χ0n) is 21.6. The van der Waals surface area contributed by atoms with Crippen LogP contribution < -0.4 is 29.3 Å². The molecule has 0 fully saturated rings. The van der Waals surface area contributed by atoms with Crippen LogP contribution in [0.4, 0.5) is 0 Å². The van der Waals surface area contributed by atoms with Gasteiger partial charge in [0.25, 0.3) is 0 Å². The molecule has 0 radical (unpaired) electrons. The Hall–Kier alpha value is -4.54. The number of carbonyl (C=O) groups excluding carboxylic acids is 1. The molecule has 3 aromatic carbocycles. The van der Waals surface area contributed by atoms with E-state index in [0.29, 0.717) is 5.39 Å². The number of carbonyl (C=O) groups is 1. The molecule has 0 spiro atoms. The van der Waals surface area contributed by atoms with Crippen molar-refractivity contribution in [1.29, 1.82) is 0 Å². The Balaban J connectivity index is 1.70. The molecular weight excluding hydrogens is 508 g/mol. The fourth-order valence-electron chi connectivity index (χ4n) is 3.94. The maximum absolute atomic E-state index is 12.0. The first-order valence-electron chi connectivity index (χ1n) is 12.0. The highest BCUT2D eigenvalue weighted by atomic mass is 16.6. The number of aliphatic hydroxyl groups excluding tert-OH is 2. The second kappa shape index (κ2) is 12.3. The minimum atomic E-state index is -1.38. The highest BCUT2D eigenvalue weighted by molar-refractivity contribution is 5.85. The van der Waals surface area contributed by atoms with Gasteiger partial charge in [-0.2, -0.15) is 0 Å². The van der Waals surface area contributed by atoms with E-state index in [1.807, 2.05) is 30.3 Å². The van der Waals surface area contributed by atoms with Crippen LogP contribution in [0.25, 0.3) is 11.0 Å². The number of rotatable bonds is 11. The summed E-state index contributed by atoms with van der Waals surface area (Å²) in [7, 11) is 2.74. The van der Waals surface area contributed by atoms with E-state index < -0.39 is 30.4 Å². The zero-order chi connectivity index (χ0) is 27.9. The van der Waals surface area contributed by atoms with E-state index in [9.17, 15) is 19.8 Å². The molecule has 0 amide bonds. The number of methoxy groups -OCH3 is 2. The van der Waals surface area contributed by atoms with Gasteiger partial charge < -0.3 is 38.3 Å². The second-order valence-corrected chi connectivity index (χ2v) is 8.47. The summed E-state index contributed by atoms with van der Waals surface area (Å²) in [6.07, 6.45) is -2.57. The first kappa shape index (κ1) is 27.5. The average molecular weight is 537 g/mol. The summed E-state index contributed by atoms with van der Waals surface area (Å²) in [6, 6.07) is 18.4. The van der Waals surface area contributed by atoms with E-state index in [-0.39, 0.29) is 46.5 Å². The summed E-state index contributed by atoms with van der Waals surface area (Å²) >= 11 is 0. The molecule has 10 heteroatoms. The Morgan fingerprint density at radius 3 is 2.21 bits per heavy atom. The third-order valence-corrected chi connectivity index (χ3v) is 5.81. The van der Waals surface area contributed by atoms with Crippen molar-refractivity contribution in [3.05, 3.63) is 88.3 Å². The molecule has 0 saturated carbocycles. The molecule has 4 rings (SSSR count). The van der Waals surface area contributed by atoms with Crippen LogP contribution >= 0.6 is 0 Å². The summed E-state index contributed by atoms with van der Waals surface area (Å²) < 4.78 is 33.4. The summed E-state index contributed by atoms with van der Waals surface area (Å²) in [5.41, 5.74) is 0.716. The molecule has 0 aliphatic rings. The smallest absolute Gasteiger partial charge is 0.336 e. The molecule has 2 N–H and O–H groups in total. The molecule has 0 bridgehead atoms. The number of aliphatic hydroxyl groups is 2. The van der Waals surface area contributed by atoms with Crippen molar-refractivity contribution in [2.45, 2.75) is 25.7 Å². The maximum Gasteiger partial charge on any atom is 0.336 e. The summed E-state index contributed by atoms with van der Waals surface area (Å²) in [5, 5.41) is 22.0. The summed E-state index contributed by atoms with van der Waals surface area (Å²) in [5.74, 6) is 0.0132. The Kier molecular flexibility index (Phi) is 8.70. The highest BCUT2D eigenvalue weighted by Gasteiger charge is 2.28. The highest BCUT2D eigenvalue weighted by Crippen LogP contribution is 2.42. The summed E-state index contributed by atoms with van der Waals surface area (Å²) in [6.45, 7) is 0.792. The quantitative estimate of drug-likeness (QED) is 0.166.